The zero-order valence-corrected chi connectivity index (χ0v) is 19.6. The van der Waals surface area contributed by atoms with Gasteiger partial charge in [0.1, 0.15) is 0 Å². The van der Waals surface area contributed by atoms with Gasteiger partial charge in [0.05, 0.1) is 23.0 Å². The molecule has 2 aromatic carbocycles. The number of hydrogen-bond acceptors (Lipinski definition) is 5. The number of rotatable bonds is 5. The van der Waals surface area contributed by atoms with Gasteiger partial charge in [-0.3, -0.25) is 9.59 Å². The lowest BCUT2D eigenvalue weighted by atomic mass is 9.93. The Morgan fingerprint density at radius 1 is 1.03 bits per heavy atom. The number of carbonyl (C=O) groups is 2. The number of fused-ring (bicyclic) bond motifs is 3. The van der Waals surface area contributed by atoms with Crippen LogP contribution in [-0.4, -0.2) is 41.5 Å². The van der Waals surface area contributed by atoms with Crippen molar-refractivity contribution in [1.29, 1.82) is 0 Å². The average Bonchev–Trinajstić information content (AvgIpc) is 3.22. The van der Waals surface area contributed by atoms with Gasteiger partial charge in [-0.15, -0.1) is 0 Å². The zero-order chi connectivity index (χ0) is 22.8. The number of carbonyl (C=O) groups excluding carboxylic acids is 2. The van der Waals surface area contributed by atoms with Gasteiger partial charge in [0.2, 0.25) is 5.91 Å². The largest absolute Gasteiger partial charge is 0.352 e. The molecule has 0 saturated carbocycles. The predicted octanol–water partition coefficient (Wildman–Crippen LogP) is 4.50. The number of amides is 2. The van der Waals surface area contributed by atoms with Crippen molar-refractivity contribution in [3.8, 4) is 0 Å². The Balaban J connectivity index is 1.39. The Kier molecular flexibility index (Phi) is 6.22. The molecule has 0 spiro atoms. The molecule has 6 nitrogen and oxygen atoms in total. The van der Waals surface area contributed by atoms with Crippen LogP contribution in [0.1, 0.15) is 44.2 Å². The van der Waals surface area contributed by atoms with E-state index in [0.29, 0.717) is 18.5 Å². The van der Waals surface area contributed by atoms with Crippen molar-refractivity contribution < 1.29 is 9.59 Å². The minimum Gasteiger partial charge on any atom is -0.352 e. The number of para-hydroxylation sites is 1. The van der Waals surface area contributed by atoms with Crippen molar-refractivity contribution in [2.75, 3.05) is 24.5 Å². The normalized spacial score (nSPS) is 19.7. The van der Waals surface area contributed by atoms with Crippen LogP contribution in [0, 0.1) is 0 Å². The summed E-state index contributed by atoms with van der Waals surface area (Å²) in [6.45, 7) is 3.89. The first-order valence-electron chi connectivity index (χ1n) is 11.6. The lowest BCUT2D eigenvalue weighted by Gasteiger charge is -2.35. The van der Waals surface area contributed by atoms with Crippen LogP contribution in [0.25, 0.3) is 0 Å². The maximum Gasteiger partial charge on any atom is 0.251 e. The van der Waals surface area contributed by atoms with Crippen LogP contribution in [0.5, 0.6) is 0 Å². The second-order valence-electron chi connectivity index (χ2n) is 8.59. The van der Waals surface area contributed by atoms with Gasteiger partial charge in [-0.1, -0.05) is 42.5 Å². The first-order chi connectivity index (χ1) is 16.1. The summed E-state index contributed by atoms with van der Waals surface area (Å²) in [5.41, 5.74) is 3.45. The van der Waals surface area contributed by atoms with E-state index in [1.54, 1.807) is 11.8 Å². The highest BCUT2D eigenvalue weighted by Crippen LogP contribution is 2.49. The second-order valence-corrected chi connectivity index (χ2v) is 9.60. The van der Waals surface area contributed by atoms with Crippen molar-refractivity contribution in [3.63, 3.8) is 0 Å². The molecule has 1 atom stereocenters. The SMILES string of the molecule is CC1=C(C(=O)NCCC(=O)N2CCCCC2)C(c2ccccc2)N2C(=N1)Sc1ccccc12. The summed E-state index contributed by atoms with van der Waals surface area (Å²) in [4.78, 5) is 36.0. The molecular formula is C26H28N4O2S. The first kappa shape index (κ1) is 21.8. The van der Waals surface area contributed by atoms with Crippen molar-refractivity contribution in [2.45, 2.75) is 43.5 Å². The Bertz CT molecular complexity index is 1120. The van der Waals surface area contributed by atoms with Gasteiger partial charge in [-0.2, -0.15) is 0 Å². The van der Waals surface area contributed by atoms with E-state index in [1.807, 2.05) is 42.2 Å². The van der Waals surface area contributed by atoms with Crippen LogP contribution in [0.4, 0.5) is 5.69 Å². The highest BCUT2D eigenvalue weighted by Gasteiger charge is 2.41. The molecule has 1 N–H and O–H groups in total. The quantitative estimate of drug-likeness (QED) is 0.713. The number of likely N-dealkylation sites (tertiary alicyclic amines) is 1. The predicted molar refractivity (Wildman–Crippen MR) is 132 cm³/mol. The number of amidine groups is 1. The number of benzene rings is 2. The fourth-order valence-electron chi connectivity index (χ4n) is 4.77. The summed E-state index contributed by atoms with van der Waals surface area (Å²) in [6.07, 6.45) is 3.65. The minimum atomic E-state index is -0.271. The molecule has 0 radical (unpaired) electrons. The van der Waals surface area contributed by atoms with Gasteiger partial charge >= 0.3 is 0 Å². The maximum absolute atomic E-state index is 13.5. The van der Waals surface area contributed by atoms with E-state index in [4.69, 9.17) is 4.99 Å². The van der Waals surface area contributed by atoms with Crippen LogP contribution in [0.15, 0.2) is 75.8 Å². The third kappa shape index (κ3) is 4.29. The Morgan fingerprint density at radius 2 is 1.76 bits per heavy atom. The van der Waals surface area contributed by atoms with E-state index >= 15 is 0 Å². The molecule has 1 unspecified atom stereocenters. The van der Waals surface area contributed by atoms with E-state index in [2.05, 4.69) is 34.5 Å². The van der Waals surface area contributed by atoms with Crippen LogP contribution in [0.2, 0.25) is 0 Å². The Hall–Kier alpha value is -3.06. The van der Waals surface area contributed by atoms with E-state index in [9.17, 15) is 9.59 Å². The lowest BCUT2D eigenvalue weighted by molar-refractivity contribution is -0.132. The Labute approximate surface area is 198 Å². The van der Waals surface area contributed by atoms with E-state index in [0.717, 1.165) is 52.9 Å². The summed E-state index contributed by atoms with van der Waals surface area (Å²) >= 11 is 1.63. The fourth-order valence-corrected chi connectivity index (χ4v) is 5.87. The molecule has 3 aliphatic heterocycles. The monoisotopic (exact) mass is 460 g/mol. The topological polar surface area (TPSA) is 65.0 Å². The third-order valence-electron chi connectivity index (χ3n) is 6.41. The molecule has 7 heteroatoms. The molecule has 33 heavy (non-hydrogen) atoms. The second kappa shape index (κ2) is 9.43. The highest BCUT2D eigenvalue weighted by atomic mass is 32.2. The number of thioether (sulfide) groups is 1. The van der Waals surface area contributed by atoms with Crippen molar-refractivity contribution in [2.24, 2.45) is 4.99 Å². The van der Waals surface area contributed by atoms with Gasteiger partial charge in [0, 0.05) is 31.0 Å². The van der Waals surface area contributed by atoms with Gasteiger partial charge in [0.15, 0.2) is 5.17 Å². The molecule has 0 aromatic heterocycles. The summed E-state index contributed by atoms with van der Waals surface area (Å²) < 4.78 is 0. The third-order valence-corrected chi connectivity index (χ3v) is 7.45. The smallest absolute Gasteiger partial charge is 0.251 e. The number of nitrogens with zero attached hydrogens (tertiary/aromatic N) is 3. The molecule has 3 heterocycles. The van der Waals surface area contributed by atoms with Crippen LogP contribution >= 0.6 is 11.8 Å². The summed E-state index contributed by atoms with van der Waals surface area (Å²) in [6, 6.07) is 18.0. The van der Waals surface area contributed by atoms with Crippen LogP contribution in [0.3, 0.4) is 0 Å². The first-order valence-corrected chi connectivity index (χ1v) is 12.4. The zero-order valence-electron chi connectivity index (χ0n) is 18.8. The molecule has 0 bridgehead atoms. The molecule has 5 rings (SSSR count). The molecule has 0 aliphatic carbocycles. The van der Waals surface area contributed by atoms with Gasteiger partial charge < -0.3 is 15.1 Å². The maximum atomic E-state index is 13.5. The molecule has 3 aliphatic rings. The van der Waals surface area contributed by atoms with E-state index in [1.165, 1.54) is 6.42 Å². The molecule has 2 amide bonds. The van der Waals surface area contributed by atoms with E-state index < -0.39 is 0 Å². The number of nitrogens with one attached hydrogen (secondary N) is 1. The van der Waals surface area contributed by atoms with Gasteiger partial charge in [0.25, 0.3) is 5.91 Å². The lowest BCUT2D eigenvalue weighted by Crippen LogP contribution is -2.41. The molecular weight excluding hydrogens is 432 g/mol. The van der Waals surface area contributed by atoms with Crippen LogP contribution in [-0.2, 0) is 9.59 Å². The number of hydrogen-bond donors (Lipinski definition) is 1. The minimum absolute atomic E-state index is 0.120. The van der Waals surface area contributed by atoms with Gasteiger partial charge in [-0.25, -0.2) is 4.99 Å². The van der Waals surface area contributed by atoms with Gasteiger partial charge in [-0.05, 0) is 55.6 Å². The number of anilines is 1. The number of allylic oxidation sites excluding steroid dienone is 1. The molecule has 170 valence electrons. The van der Waals surface area contributed by atoms with Crippen LogP contribution < -0.4 is 10.2 Å². The van der Waals surface area contributed by atoms with Crippen molar-refractivity contribution >= 4 is 34.4 Å². The molecule has 1 saturated heterocycles. The molecule has 2 aromatic rings. The standard InChI is InChI=1S/C26H28N4O2S/c1-18-23(25(32)27-15-14-22(31)29-16-8-3-9-17-29)24(19-10-4-2-5-11-19)30-20-12-6-7-13-21(20)33-26(30)28-18/h2,4-7,10-13,24H,3,8-9,14-17H2,1H3,(H,27,32). The van der Waals surface area contributed by atoms with E-state index in [-0.39, 0.29) is 17.9 Å². The van der Waals surface area contributed by atoms with Crippen molar-refractivity contribution in [3.05, 3.63) is 71.4 Å². The Morgan fingerprint density at radius 3 is 2.55 bits per heavy atom. The summed E-state index contributed by atoms with van der Waals surface area (Å²) in [5, 5.41) is 3.90. The highest BCUT2D eigenvalue weighted by molar-refractivity contribution is 8.14. The number of aliphatic imine (C=N–C) groups is 1. The number of piperidine rings is 1. The summed E-state index contributed by atoms with van der Waals surface area (Å²) in [7, 11) is 0. The average molecular weight is 461 g/mol. The van der Waals surface area contributed by atoms with Crippen molar-refractivity contribution in [1.82, 2.24) is 10.2 Å². The summed E-state index contributed by atoms with van der Waals surface area (Å²) in [5.74, 6) is -0.0425. The fraction of sp³-hybridized carbons (Fsp3) is 0.346. The molecule has 1 fully saturated rings.